The summed E-state index contributed by atoms with van der Waals surface area (Å²) in [6.45, 7) is 2.53. The lowest BCUT2D eigenvalue weighted by Crippen LogP contribution is -2.38. The van der Waals surface area contributed by atoms with E-state index in [1.165, 1.54) is 24.8 Å². The van der Waals surface area contributed by atoms with Gasteiger partial charge in [0.1, 0.15) is 5.82 Å². The molecular weight excluding hydrogens is 300 g/mol. The van der Waals surface area contributed by atoms with Crippen LogP contribution < -0.4 is 10.6 Å². The van der Waals surface area contributed by atoms with Crippen molar-refractivity contribution in [2.75, 3.05) is 13.6 Å². The van der Waals surface area contributed by atoms with Crippen molar-refractivity contribution in [1.82, 2.24) is 25.4 Å². The Morgan fingerprint density at radius 1 is 1.12 bits per heavy atom. The Labute approximate surface area is 143 Å². The first-order chi connectivity index (χ1) is 11.9. The molecule has 0 radical (unpaired) electrons. The third-order valence-electron chi connectivity index (χ3n) is 4.37. The monoisotopic (exact) mass is 326 g/mol. The van der Waals surface area contributed by atoms with Crippen molar-refractivity contribution in [2.24, 2.45) is 4.99 Å². The largest absolute Gasteiger partial charge is 0.356 e. The molecule has 24 heavy (non-hydrogen) atoms. The van der Waals surface area contributed by atoms with Gasteiger partial charge in [-0.25, -0.2) is 0 Å². The van der Waals surface area contributed by atoms with Crippen LogP contribution in [0.3, 0.4) is 0 Å². The Balaban J connectivity index is 1.49. The van der Waals surface area contributed by atoms with Crippen LogP contribution in [-0.4, -0.2) is 34.3 Å². The van der Waals surface area contributed by atoms with Gasteiger partial charge in [0.2, 0.25) is 0 Å². The summed E-state index contributed by atoms with van der Waals surface area (Å²) < 4.78 is 2.26. The molecule has 1 aromatic heterocycles. The SMILES string of the molecule is CN=C(NCCc1ccccc1)NCc1nnc2n1CCCCC2. The summed E-state index contributed by atoms with van der Waals surface area (Å²) in [5, 5.41) is 15.4. The van der Waals surface area contributed by atoms with Gasteiger partial charge in [0.05, 0.1) is 6.54 Å². The molecule has 0 amide bonds. The fourth-order valence-corrected chi connectivity index (χ4v) is 3.03. The molecule has 0 saturated carbocycles. The van der Waals surface area contributed by atoms with Crippen molar-refractivity contribution in [1.29, 1.82) is 0 Å². The minimum absolute atomic E-state index is 0.651. The van der Waals surface area contributed by atoms with Gasteiger partial charge in [0.25, 0.3) is 0 Å². The predicted octanol–water partition coefficient (Wildman–Crippen LogP) is 1.91. The van der Waals surface area contributed by atoms with E-state index in [1.807, 2.05) is 6.07 Å². The Kier molecular flexibility index (Phi) is 5.82. The van der Waals surface area contributed by atoms with Gasteiger partial charge in [0.15, 0.2) is 11.8 Å². The van der Waals surface area contributed by atoms with E-state index in [2.05, 4.69) is 54.7 Å². The Morgan fingerprint density at radius 3 is 2.83 bits per heavy atom. The molecule has 2 N–H and O–H groups in total. The molecule has 0 fully saturated rings. The average Bonchev–Trinajstić information content (AvgIpc) is 2.85. The smallest absolute Gasteiger partial charge is 0.191 e. The van der Waals surface area contributed by atoms with Gasteiger partial charge in [-0.1, -0.05) is 36.8 Å². The average molecular weight is 326 g/mol. The van der Waals surface area contributed by atoms with Gasteiger partial charge in [0, 0.05) is 26.6 Å². The minimum atomic E-state index is 0.651. The molecule has 3 rings (SSSR count). The number of hydrogen-bond acceptors (Lipinski definition) is 3. The van der Waals surface area contributed by atoms with Gasteiger partial charge in [-0.3, -0.25) is 4.99 Å². The highest BCUT2D eigenvalue weighted by atomic mass is 15.3. The maximum absolute atomic E-state index is 4.34. The van der Waals surface area contributed by atoms with Crippen LogP contribution in [0.4, 0.5) is 0 Å². The summed E-state index contributed by atoms with van der Waals surface area (Å²) in [6, 6.07) is 10.5. The standard InChI is InChI=1S/C18H26N6/c1-19-18(20-12-11-15-8-4-2-5-9-15)21-14-17-23-22-16-10-6-3-7-13-24(16)17/h2,4-5,8-9H,3,6-7,10-14H2,1H3,(H2,19,20,21). The fraction of sp³-hybridized carbons (Fsp3) is 0.500. The zero-order chi connectivity index (χ0) is 16.6. The molecule has 2 heterocycles. The van der Waals surface area contributed by atoms with E-state index in [0.717, 1.165) is 43.5 Å². The molecule has 0 spiro atoms. The summed E-state index contributed by atoms with van der Waals surface area (Å²) in [7, 11) is 1.79. The lowest BCUT2D eigenvalue weighted by Gasteiger charge is -2.12. The van der Waals surface area contributed by atoms with Gasteiger partial charge in [-0.05, 0) is 24.8 Å². The van der Waals surface area contributed by atoms with Crippen LogP contribution in [0.25, 0.3) is 0 Å². The predicted molar refractivity (Wildman–Crippen MR) is 95.9 cm³/mol. The zero-order valence-electron chi connectivity index (χ0n) is 14.3. The molecular formula is C18H26N6. The molecule has 0 saturated heterocycles. The second kappa shape index (κ2) is 8.47. The van der Waals surface area contributed by atoms with E-state index in [1.54, 1.807) is 7.05 Å². The molecule has 6 heteroatoms. The topological polar surface area (TPSA) is 67.1 Å². The Bertz CT molecular complexity index is 661. The second-order valence-electron chi connectivity index (χ2n) is 6.08. The normalized spacial score (nSPS) is 14.8. The lowest BCUT2D eigenvalue weighted by atomic mass is 10.1. The summed E-state index contributed by atoms with van der Waals surface area (Å²) in [5.74, 6) is 2.92. The van der Waals surface area contributed by atoms with Crippen molar-refractivity contribution >= 4 is 5.96 Å². The molecule has 1 aliphatic heterocycles. The number of benzene rings is 1. The lowest BCUT2D eigenvalue weighted by molar-refractivity contribution is 0.596. The van der Waals surface area contributed by atoms with Crippen LogP contribution in [0.1, 0.15) is 36.5 Å². The van der Waals surface area contributed by atoms with E-state index in [-0.39, 0.29) is 0 Å². The number of hydrogen-bond donors (Lipinski definition) is 2. The summed E-state index contributed by atoms with van der Waals surface area (Å²) >= 11 is 0. The first-order valence-electron chi connectivity index (χ1n) is 8.76. The highest BCUT2D eigenvalue weighted by Crippen LogP contribution is 2.14. The Morgan fingerprint density at radius 2 is 2.00 bits per heavy atom. The third kappa shape index (κ3) is 4.34. The van der Waals surface area contributed by atoms with Crippen LogP contribution in [-0.2, 0) is 25.9 Å². The van der Waals surface area contributed by atoms with E-state index in [0.29, 0.717) is 6.54 Å². The summed E-state index contributed by atoms with van der Waals surface area (Å²) in [5.41, 5.74) is 1.32. The van der Waals surface area contributed by atoms with E-state index >= 15 is 0 Å². The number of fused-ring (bicyclic) bond motifs is 1. The van der Waals surface area contributed by atoms with E-state index in [4.69, 9.17) is 0 Å². The number of rotatable bonds is 5. The summed E-state index contributed by atoms with van der Waals surface area (Å²) in [6.07, 6.45) is 5.72. The van der Waals surface area contributed by atoms with Crippen molar-refractivity contribution in [2.45, 2.75) is 45.2 Å². The van der Waals surface area contributed by atoms with Gasteiger partial charge in [-0.2, -0.15) is 0 Å². The maximum Gasteiger partial charge on any atom is 0.191 e. The van der Waals surface area contributed by atoms with Gasteiger partial charge < -0.3 is 15.2 Å². The van der Waals surface area contributed by atoms with Crippen molar-refractivity contribution in [3.8, 4) is 0 Å². The van der Waals surface area contributed by atoms with Crippen LogP contribution in [0, 0.1) is 0 Å². The fourth-order valence-electron chi connectivity index (χ4n) is 3.03. The first-order valence-corrected chi connectivity index (χ1v) is 8.76. The number of aliphatic imine (C=N–C) groups is 1. The quantitative estimate of drug-likeness (QED) is 0.651. The van der Waals surface area contributed by atoms with E-state index in [9.17, 15) is 0 Å². The van der Waals surface area contributed by atoms with Crippen LogP contribution >= 0.6 is 0 Å². The minimum Gasteiger partial charge on any atom is -0.356 e. The maximum atomic E-state index is 4.34. The highest BCUT2D eigenvalue weighted by Gasteiger charge is 2.14. The molecule has 0 unspecified atom stereocenters. The van der Waals surface area contributed by atoms with Crippen molar-refractivity contribution in [3.05, 3.63) is 47.5 Å². The Hall–Kier alpha value is -2.37. The molecule has 128 valence electrons. The molecule has 1 aromatic carbocycles. The molecule has 0 atom stereocenters. The van der Waals surface area contributed by atoms with Crippen LogP contribution in [0.15, 0.2) is 35.3 Å². The molecule has 0 bridgehead atoms. The van der Waals surface area contributed by atoms with Gasteiger partial charge in [-0.15, -0.1) is 10.2 Å². The number of aromatic nitrogens is 3. The van der Waals surface area contributed by atoms with Crippen LogP contribution in [0.5, 0.6) is 0 Å². The second-order valence-corrected chi connectivity index (χ2v) is 6.08. The van der Waals surface area contributed by atoms with Crippen LogP contribution in [0.2, 0.25) is 0 Å². The zero-order valence-corrected chi connectivity index (χ0v) is 14.3. The third-order valence-corrected chi connectivity index (χ3v) is 4.37. The van der Waals surface area contributed by atoms with Crippen molar-refractivity contribution < 1.29 is 0 Å². The molecule has 6 nitrogen and oxygen atoms in total. The van der Waals surface area contributed by atoms with Gasteiger partial charge >= 0.3 is 0 Å². The number of nitrogens with zero attached hydrogens (tertiary/aromatic N) is 4. The first kappa shape index (κ1) is 16.5. The summed E-state index contributed by atoms with van der Waals surface area (Å²) in [4.78, 5) is 4.29. The van der Waals surface area contributed by atoms with E-state index < -0.39 is 0 Å². The number of nitrogens with one attached hydrogen (secondary N) is 2. The number of guanidine groups is 1. The number of aryl methyl sites for hydroxylation is 1. The highest BCUT2D eigenvalue weighted by molar-refractivity contribution is 5.79. The molecule has 0 aliphatic carbocycles. The molecule has 2 aromatic rings. The van der Waals surface area contributed by atoms with Crippen molar-refractivity contribution in [3.63, 3.8) is 0 Å². The molecule has 1 aliphatic rings.